The number of allylic oxidation sites excluding steroid dienone is 2. The summed E-state index contributed by atoms with van der Waals surface area (Å²) in [6.07, 6.45) is 38.0. The normalized spacial score (nSPS) is 11.8. The van der Waals surface area contributed by atoms with Crippen LogP contribution < -0.4 is 11.5 Å². The summed E-state index contributed by atoms with van der Waals surface area (Å²) >= 11 is 5.95. The number of para-hydroxylation sites is 1. The molecule has 12 heteroatoms. The molecule has 1 amide bonds. The maximum atomic E-state index is 10.3. The van der Waals surface area contributed by atoms with Gasteiger partial charge in [0.15, 0.2) is 0 Å². The fraction of sp³-hybridized carbons (Fsp3) is 0.794. The van der Waals surface area contributed by atoms with Crippen molar-refractivity contribution in [2.45, 2.75) is 548 Å². The predicted molar refractivity (Wildman–Crippen MR) is 693 cm³/mol. The molecule has 1 aliphatic carbocycles. The van der Waals surface area contributed by atoms with Gasteiger partial charge in [-0.1, -0.05) is 489 Å². The molecule has 1 saturated carbocycles. The Bertz CT molecular complexity index is 3290. The zero-order chi connectivity index (χ0) is 117. The van der Waals surface area contributed by atoms with Crippen LogP contribution in [0, 0.1) is 143 Å². The number of aliphatic hydroxyl groups excluding tert-OH is 1. The molecular weight excluding hydrogens is 1850 g/mol. The number of nitrogens with zero attached hydrogens (tertiary/aromatic N) is 2. The Hall–Kier alpha value is -4.78. The minimum Gasteiger partial charge on any atom is -0.393 e. The molecule has 4 aromatic rings. The van der Waals surface area contributed by atoms with Gasteiger partial charge < -0.3 is 35.9 Å². The molecule has 148 heavy (non-hydrogen) atoms. The first kappa shape index (κ1) is 176. The molecule has 0 spiro atoms. The van der Waals surface area contributed by atoms with E-state index >= 15 is 0 Å². The number of amides is 1. The van der Waals surface area contributed by atoms with E-state index in [0.717, 1.165) is 177 Å². The predicted octanol–water partition coefficient (Wildman–Crippen LogP) is 43.5. The number of fused-ring (bicyclic) bond motifs is 1. The van der Waals surface area contributed by atoms with Gasteiger partial charge in [0.2, 0.25) is 5.91 Å². The van der Waals surface area contributed by atoms with Gasteiger partial charge in [-0.25, -0.2) is 0 Å². The van der Waals surface area contributed by atoms with Crippen LogP contribution in [-0.2, 0) is 38.4 Å². The summed E-state index contributed by atoms with van der Waals surface area (Å²) in [5, 5.41) is 10.0. The number of hydrogen-bond donors (Lipinski definition) is 5. The van der Waals surface area contributed by atoms with Crippen LogP contribution >= 0.6 is 24.4 Å². The van der Waals surface area contributed by atoms with Gasteiger partial charge in [0.1, 0.15) is 17.3 Å². The Morgan fingerprint density at radius 3 is 1.05 bits per heavy atom. The summed E-state index contributed by atoms with van der Waals surface area (Å²) in [5.74, 6) is 21.7. The van der Waals surface area contributed by atoms with Crippen molar-refractivity contribution in [3.63, 3.8) is 0 Å². The van der Waals surface area contributed by atoms with Crippen molar-refractivity contribution in [1.82, 2.24) is 4.98 Å². The van der Waals surface area contributed by atoms with Gasteiger partial charge in [0, 0.05) is 67.7 Å². The molecule has 884 valence electrons. The molecule has 6 N–H and O–H groups in total. The summed E-state index contributed by atoms with van der Waals surface area (Å²) < 4.78 is 0. The number of thioether (sulfide) groups is 1. The number of primary amides is 1. The first-order valence-electron chi connectivity index (χ1n) is 59.0. The number of rotatable bonds is 38. The van der Waals surface area contributed by atoms with Crippen molar-refractivity contribution < 1.29 is 24.3 Å². The highest BCUT2D eigenvalue weighted by Gasteiger charge is 2.18. The monoisotopic (exact) mass is 2120 g/mol. The molecule has 2 aliphatic rings. The second-order valence-electron chi connectivity index (χ2n) is 49.7. The second-order valence-corrected chi connectivity index (χ2v) is 51.1. The van der Waals surface area contributed by atoms with E-state index in [4.69, 9.17) is 16.6 Å². The number of ketones is 3. The summed E-state index contributed by atoms with van der Waals surface area (Å²) in [4.78, 5) is 52.6. The number of aliphatic hydroxyl groups is 1. The lowest BCUT2D eigenvalue weighted by atomic mass is 9.95. The molecule has 1 aromatic heterocycles. The van der Waals surface area contributed by atoms with Crippen LogP contribution in [0.25, 0.3) is 10.9 Å². The Balaban J connectivity index is -0.0000000976. The third-order valence-electron chi connectivity index (χ3n) is 22.5. The second kappa shape index (κ2) is 124. The number of nitrogens with one attached hydrogen (secondary N) is 1. The number of carbonyl (C=O) groups excluding carboxylic acids is 4. The van der Waals surface area contributed by atoms with Gasteiger partial charge in [-0.3, -0.25) is 14.8 Å². The fourth-order valence-electron chi connectivity index (χ4n) is 12.0. The lowest BCUT2D eigenvalue weighted by Gasteiger charge is -2.11. The number of nitrogens with two attached hydrogens (primary N) is 2. The van der Waals surface area contributed by atoms with Gasteiger partial charge in [-0.2, -0.15) is 24.4 Å². The lowest BCUT2D eigenvalue weighted by Crippen LogP contribution is -2.10. The van der Waals surface area contributed by atoms with E-state index in [9.17, 15) is 19.2 Å². The molecular formula is C136H273N5O5S2. The molecule has 1 aliphatic heterocycles. The zero-order valence-corrected chi connectivity index (χ0v) is 110. The Morgan fingerprint density at radius 1 is 0.439 bits per heavy atom. The fourth-order valence-corrected chi connectivity index (χ4v) is 12.7. The Morgan fingerprint density at radius 2 is 0.818 bits per heavy atom. The first-order valence-corrected chi connectivity index (χ1v) is 61.1. The third-order valence-corrected chi connectivity index (χ3v) is 23.8. The minimum atomic E-state index is -0.196. The lowest BCUT2D eigenvalue weighted by molar-refractivity contribution is -0.118. The Labute approximate surface area is 942 Å². The molecule has 0 saturated heterocycles. The SMILES string of the molecule is C.C.CC(=O)CC(C)C.CC(=O)CC(C)C.CC(=O)CCC(C)C.CC(C)C.CC(C)C(C)C.CC(C)C(C)O.CC(C)C1CCCC1.CC(C)CC(C)C.CC(C)CC1=CCC=N1.CC(C)CCC(N)=O.CC(C)CS.CC(C)Cc1c[nH]c2ccccc12.CC(C)Cc1ccccc1.CC(N)=NCCCC(C)C.CCC(C)C.CCC(C)C(C)C.CCCCCC(C)C.CSCCC(C)C.Cc1ccc(CC(C)C)cc1. The number of amidine groups is 1. The maximum Gasteiger partial charge on any atom is 0.217 e. The number of Topliss-reactive ketones (excluding diaryl/α,β-unsaturated/α-hetero) is 3. The van der Waals surface area contributed by atoms with E-state index in [-0.39, 0.29) is 38.4 Å². The van der Waals surface area contributed by atoms with Gasteiger partial charge in [0.05, 0.1) is 11.9 Å². The largest absolute Gasteiger partial charge is 0.393 e. The number of thiol groups is 1. The summed E-state index contributed by atoms with van der Waals surface area (Å²) in [5.41, 5.74) is 18.5. The summed E-state index contributed by atoms with van der Waals surface area (Å²) in [6, 6.07) is 27.9. The van der Waals surface area contributed by atoms with Crippen molar-refractivity contribution in [3.8, 4) is 0 Å². The van der Waals surface area contributed by atoms with Gasteiger partial charge in [-0.05, 0) is 282 Å². The number of aliphatic imine (C=N–C) groups is 2. The molecule has 10 nitrogen and oxygen atoms in total. The molecule has 0 bridgehead atoms. The number of aryl methyl sites for hydroxylation is 1. The van der Waals surface area contributed by atoms with E-state index in [1.165, 1.54) is 141 Å². The average molecular weight is 2120 g/mol. The number of carbonyl (C=O) groups is 4. The topological polar surface area (TPSA) is 181 Å². The van der Waals surface area contributed by atoms with Crippen molar-refractivity contribution in [2.75, 3.05) is 24.3 Å². The summed E-state index contributed by atoms with van der Waals surface area (Å²) in [7, 11) is 0. The number of hydrogen-bond acceptors (Lipinski definition) is 9. The van der Waals surface area contributed by atoms with E-state index in [1.54, 1.807) is 27.7 Å². The highest BCUT2D eigenvalue weighted by molar-refractivity contribution is 7.98. The minimum absolute atomic E-state index is 0. The van der Waals surface area contributed by atoms with Crippen LogP contribution in [0.3, 0.4) is 0 Å². The molecule has 1 fully saturated rings. The molecule has 2 heterocycles. The quantitative estimate of drug-likeness (QED) is 0.0128. The van der Waals surface area contributed by atoms with Crippen molar-refractivity contribution in [1.29, 1.82) is 0 Å². The Kier molecular flexibility index (Phi) is 148. The van der Waals surface area contributed by atoms with E-state index in [1.807, 2.05) is 66.4 Å². The van der Waals surface area contributed by atoms with Crippen molar-refractivity contribution >= 4 is 70.6 Å². The van der Waals surface area contributed by atoms with Crippen molar-refractivity contribution in [2.24, 2.45) is 158 Å². The number of H-pyrrole nitrogens is 1. The number of aromatic nitrogens is 1. The van der Waals surface area contributed by atoms with E-state index in [0.29, 0.717) is 47.6 Å². The van der Waals surface area contributed by atoms with Gasteiger partial charge >= 0.3 is 0 Å². The smallest absolute Gasteiger partial charge is 0.217 e. The molecule has 0 radical (unpaired) electrons. The number of aromatic amines is 1. The average Bonchev–Trinajstić information content (AvgIpc) is 1.68. The van der Waals surface area contributed by atoms with Gasteiger partial charge in [0.25, 0.3) is 0 Å². The van der Waals surface area contributed by atoms with Gasteiger partial charge in [-0.15, -0.1) is 0 Å². The van der Waals surface area contributed by atoms with Crippen LogP contribution in [-0.4, -0.2) is 75.8 Å². The van der Waals surface area contributed by atoms with E-state index in [2.05, 4.69) is 416 Å². The molecule has 6 rings (SSSR count). The zero-order valence-electron chi connectivity index (χ0n) is 108. The molecule has 2 unspecified atom stereocenters. The molecule has 3 aromatic carbocycles. The summed E-state index contributed by atoms with van der Waals surface area (Å²) in [6.45, 7) is 115. The number of benzene rings is 3. The standard InChI is InChI=1S/C12H15N.C11H16.C10H14.C8H18N2.C8H13N.C8H16.C8H18.C7H14O.2C7H16.C6H13NO.2C6H12O.C6H14S.C6H14.C5H12O.C5H12.C4H10S.C4H10.2CH4/c1-9(2)7-10-8-13-12-6-4-3-5-11(10)12;1-9(2)8-11-6-4-10(3)5-7-11;1-9(2)8-10-6-4-3-5-7-10;1-7(2)5-4-6-10-8(3)9;1-7(2)6-8-4-3-5-9-8;1-7(2)8-5-3-4-6-8;1-4-5-6-7-8(2)3;1-6(2)4-5-7(3)8;1-6(2)5-7(3)4;1-5-7(4)6(2)3;1-5(2)3-4-6(7)8;2*1-5(2)4-6(3)7;1-6(2)4-5-7-3;1-5(2)6(3)4;1-4(2)5(3)6;1-4-5(2)3;1-4(2)3-5;1-4(2)3;;/h3-6,8-9,13H,7H2,1-2H3;4-7,9H,8H2,1-3H3;3-7,9H,8H2,1-2H3;7H,4-6H2,1-3H3,(H2,9,10);4-5,7H,3,6H2,1-2H3;7-8H,3-6H2,1-2H3;8H,4-7H2,1-3H3;6H,4-5H2,1-3H3;2*6-7H,5H2,1-4H3;5H,3-4H2,1-2H3,(H2,7,8);2*5H,4H2,1-3H3;6H,4-5H2,1-3H3;5-6H,1-4H3;4-6H,1-3H3;5H,4H2,1-3H3;4-5H,3H2,1-2H3;4H,1-3H3;2*1H4. The van der Waals surface area contributed by atoms with Crippen LogP contribution in [0.5, 0.6) is 0 Å². The van der Waals surface area contributed by atoms with Crippen LogP contribution in [0.4, 0.5) is 0 Å². The first-order chi connectivity index (χ1) is 67.4. The van der Waals surface area contributed by atoms with Crippen molar-refractivity contribution in [3.05, 3.63) is 119 Å². The number of unbranched alkanes of at least 4 members (excludes halogenated alkanes) is 2. The van der Waals surface area contributed by atoms with Crippen LogP contribution in [0.2, 0.25) is 0 Å². The molecule has 2 atom stereocenters. The van der Waals surface area contributed by atoms with Crippen LogP contribution in [0.15, 0.2) is 107 Å². The highest BCUT2D eigenvalue weighted by atomic mass is 32.2. The maximum absolute atomic E-state index is 10.3. The van der Waals surface area contributed by atoms with Crippen LogP contribution in [0.1, 0.15) is 538 Å². The third kappa shape index (κ3) is 183. The van der Waals surface area contributed by atoms with E-state index < -0.39 is 0 Å². The highest BCUT2D eigenvalue weighted by Crippen LogP contribution is 2.31.